The third-order valence-corrected chi connectivity index (χ3v) is 23.4. The van der Waals surface area contributed by atoms with E-state index < -0.39 is 0 Å². The van der Waals surface area contributed by atoms with E-state index in [9.17, 15) is 24.6 Å². The molecule has 6 aromatic carbocycles. The number of hydrogen-bond acceptors (Lipinski definition) is 18. The summed E-state index contributed by atoms with van der Waals surface area (Å²) >= 11 is 0. The fourth-order valence-corrected chi connectivity index (χ4v) is 16.5. The number of aliphatic hydroxyl groups is 3. The summed E-state index contributed by atoms with van der Waals surface area (Å²) in [5.41, 5.74) is 18.5. The van der Waals surface area contributed by atoms with Gasteiger partial charge in [0.25, 0.3) is 0 Å². The minimum atomic E-state index is -0.0617. The summed E-state index contributed by atoms with van der Waals surface area (Å²) in [7, 11) is 10.4. The van der Waals surface area contributed by atoms with E-state index in [1.807, 2.05) is 39.0 Å². The number of nitrogens with zero attached hydrogens (tertiary/aromatic N) is 9. The van der Waals surface area contributed by atoms with Crippen molar-refractivity contribution in [3.8, 4) is 17.2 Å². The normalized spacial score (nSPS) is 17.7. The Morgan fingerprint density at radius 3 is 1.07 bits per heavy atom. The van der Waals surface area contributed by atoms with Gasteiger partial charge in [0.05, 0.1) is 75.8 Å². The number of rotatable bonds is 24. The average molecular weight is 1510 g/mol. The number of carbonyl (C=O) groups is 3. The summed E-state index contributed by atoms with van der Waals surface area (Å²) in [6.45, 7) is 26.2. The molecule has 592 valence electrons. The van der Waals surface area contributed by atoms with E-state index in [1.165, 1.54) is 55.6 Å². The lowest BCUT2D eigenvalue weighted by atomic mass is 9.77. The zero-order valence-corrected chi connectivity index (χ0v) is 68.7. The Balaban J connectivity index is 0.000000177. The molecule has 9 aromatic rings. The molecule has 21 nitrogen and oxygen atoms in total. The molecule has 111 heavy (non-hydrogen) atoms. The molecule has 2 saturated carbocycles. The number of benzene rings is 6. The van der Waals surface area contributed by atoms with Gasteiger partial charge in [0.2, 0.25) is 17.7 Å². The Bertz CT molecular complexity index is 4620. The van der Waals surface area contributed by atoms with Crippen molar-refractivity contribution in [2.45, 2.75) is 184 Å². The van der Waals surface area contributed by atoms with Crippen molar-refractivity contribution < 1.29 is 43.9 Å². The maximum absolute atomic E-state index is 12.7. The highest BCUT2D eigenvalue weighted by Crippen LogP contribution is 2.46. The van der Waals surface area contributed by atoms with Crippen LogP contribution in [0.15, 0.2) is 97.1 Å². The lowest BCUT2D eigenvalue weighted by Gasteiger charge is -2.31. The minimum Gasteiger partial charge on any atom is -0.496 e. The van der Waals surface area contributed by atoms with E-state index in [4.69, 9.17) is 49.2 Å². The van der Waals surface area contributed by atoms with Crippen LogP contribution >= 0.6 is 0 Å². The molecule has 21 heteroatoms. The number of carbonyl (C=O) groups excluding carboxylic acids is 3. The molecule has 3 amide bonds. The van der Waals surface area contributed by atoms with Crippen LogP contribution in [0.25, 0.3) is 38.3 Å². The van der Waals surface area contributed by atoms with Crippen LogP contribution in [0.2, 0.25) is 0 Å². The number of anilines is 3. The number of aryl methyl sites for hydroxylation is 6. The van der Waals surface area contributed by atoms with Gasteiger partial charge >= 0.3 is 0 Å². The molecule has 0 aliphatic heterocycles. The molecular weight excluding hydrogens is 1390 g/mol. The second kappa shape index (κ2) is 37.9. The molecule has 4 atom stereocenters. The number of methoxy groups -OCH3 is 3. The van der Waals surface area contributed by atoms with Crippen molar-refractivity contribution in [1.82, 2.24) is 44.6 Å². The number of allylic oxidation sites excluding steroid dienone is 2. The van der Waals surface area contributed by atoms with Gasteiger partial charge in [-0.05, 0) is 251 Å². The zero-order valence-electron chi connectivity index (χ0n) is 68.7. The summed E-state index contributed by atoms with van der Waals surface area (Å²) in [4.78, 5) is 71.6. The number of fused-ring (bicyclic) bond motifs is 3. The van der Waals surface area contributed by atoms with Gasteiger partial charge < -0.3 is 60.2 Å². The zero-order chi connectivity index (χ0) is 80.1. The first-order valence-electron chi connectivity index (χ1n) is 39.5. The SMILES string of the molecule is COc1cc2nc(C)nc(N[C@H](C)c3cccc(C)c3C)c2cc1C1=CCC(C(=O)N(C)CCO)CC1.COc1cc2nc(C)nc(N[C@H](C)c3cccc(C)c3C)c2cc1C1CCC(C(=O)N(C)CCO)CC1.COc1cc2nc(C)nc(N[C@H](C)c3cccc(C)c3C)c2cc1C1CCC(C(=O)N(C)CCO)CC1. The van der Waals surface area contributed by atoms with Crippen molar-refractivity contribution in [3.05, 3.63) is 181 Å². The monoisotopic (exact) mass is 1510 g/mol. The van der Waals surface area contributed by atoms with Gasteiger partial charge in [-0.15, -0.1) is 0 Å². The van der Waals surface area contributed by atoms with Gasteiger partial charge in [-0.1, -0.05) is 60.7 Å². The van der Waals surface area contributed by atoms with Gasteiger partial charge in [-0.25, -0.2) is 29.9 Å². The van der Waals surface area contributed by atoms with Crippen LogP contribution in [0.5, 0.6) is 17.2 Å². The second-order valence-corrected chi connectivity index (χ2v) is 30.9. The van der Waals surface area contributed by atoms with Crippen molar-refractivity contribution >= 4 is 73.5 Å². The summed E-state index contributed by atoms with van der Waals surface area (Å²) in [5, 5.41) is 41.4. The van der Waals surface area contributed by atoms with E-state index in [1.54, 1.807) is 57.2 Å². The van der Waals surface area contributed by atoms with Crippen LogP contribution in [-0.4, -0.2) is 160 Å². The fourth-order valence-electron chi connectivity index (χ4n) is 16.5. The number of aliphatic hydroxyl groups excluding tert-OH is 3. The Morgan fingerprint density at radius 1 is 0.432 bits per heavy atom. The van der Waals surface area contributed by atoms with Crippen molar-refractivity contribution in [1.29, 1.82) is 0 Å². The number of ether oxygens (including phenoxy) is 3. The third kappa shape index (κ3) is 19.7. The van der Waals surface area contributed by atoms with E-state index in [-0.39, 0.29) is 73.4 Å². The molecule has 3 aliphatic rings. The van der Waals surface area contributed by atoms with E-state index in [0.717, 1.165) is 148 Å². The summed E-state index contributed by atoms with van der Waals surface area (Å²) in [6.07, 6.45) is 11.4. The van der Waals surface area contributed by atoms with Crippen molar-refractivity contribution in [2.75, 3.05) is 97.9 Å². The highest BCUT2D eigenvalue weighted by atomic mass is 16.5. The lowest BCUT2D eigenvalue weighted by Crippen LogP contribution is -2.36. The number of amides is 3. The Kier molecular flexibility index (Phi) is 28.6. The third-order valence-electron chi connectivity index (χ3n) is 23.4. The predicted molar refractivity (Wildman–Crippen MR) is 445 cm³/mol. The minimum absolute atomic E-state index is 0.00808. The number of likely N-dealkylation sites (N-methyl/N-ethyl adjacent to an activating group) is 3. The maximum Gasteiger partial charge on any atom is 0.225 e. The number of nitrogens with one attached hydrogen (secondary N) is 3. The summed E-state index contributed by atoms with van der Waals surface area (Å²) in [6, 6.07) is 32.0. The van der Waals surface area contributed by atoms with E-state index in [0.29, 0.717) is 55.4 Å². The van der Waals surface area contributed by atoms with Gasteiger partial charge in [-0.3, -0.25) is 14.4 Å². The summed E-state index contributed by atoms with van der Waals surface area (Å²) < 4.78 is 17.4. The molecule has 0 saturated heterocycles. The highest BCUT2D eigenvalue weighted by molar-refractivity contribution is 5.95. The van der Waals surface area contributed by atoms with Crippen LogP contribution in [0.1, 0.15) is 206 Å². The molecule has 2 fully saturated rings. The van der Waals surface area contributed by atoms with Gasteiger partial charge in [0.15, 0.2) is 0 Å². The van der Waals surface area contributed by atoms with Crippen molar-refractivity contribution in [3.63, 3.8) is 0 Å². The van der Waals surface area contributed by atoms with Gasteiger partial charge in [0, 0.05) is 98.5 Å². The van der Waals surface area contributed by atoms with E-state index in [2.05, 4.69) is 157 Å². The smallest absolute Gasteiger partial charge is 0.225 e. The predicted octanol–water partition coefficient (Wildman–Crippen LogP) is 16.3. The Hall–Kier alpha value is -9.83. The molecule has 3 heterocycles. The van der Waals surface area contributed by atoms with Gasteiger partial charge in [-0.2, -0.15) is 0 Å². The number of hydrogen-bond donors (Lipinski definition) is 6. The first-order chi connectivity index (χ1) is 53.2. The molecule has 0 spiro atoms. The van der Waals surface area contributed by atoms with Crippen LogP contribution in [-0.2, 0) is 14.4 Å². The first kappa shape index (κ1) is 83.6. The number of aromatic nitrogens is 6. The fraction of sp³-hybridized carbons (Fsp3) is 0.478. The average Bonchev–Trinajstić information content (AvgIpc) is 0.781. The molecule has 0 bridgehead atoms. The standard InChI is InChI=1S/2C30H40N4O3.C30H38N4O3/c3*1-18-8-7-9-24(19(18)2)20(3)31-29-26-16-25(28(37-6)17-27(26)32-21(4)33-29)22-10-12-23(13-11-22)30(36)34(5)14-15-35/h2*7-9,16-17,20,22-23,35H,10-15H2,1-6H3,(H,31,32,33);7-10,16-17,20,23,35H,11-15H2,1-6H3,(H,31,32,33)/t2*20-,22?,23?;20-,23?/m111/s1. The quantitative estimate of drug-likeness (QED) is 0.0328. The van der Waals surface area contributed by atoms with E-state index >= 15 is 0 Å². The van der Waals surface area contributed by atoms with Crippen molar-refractivity contribution in [2.24, 2.45) is 17.8 Å². The molecule has 0 radical (unpaired) electrons. The largest absolute Gasteiger partial charge is 0.496 e. The second-order valence-electron chi connectivity index (χ2n) is 30.9. The molecule has 3 aliphatic carbocycles. The van der Waals surface area contributed by atoms with Crippen LogP contribution in [0.4, 0.5) is 17.5 Å². The van der Waals surface area contributed by atoms with Crippen LogP contribution in [0, 0.1) is 80.1 Å². The lowest BCUT2D eigenvalue weighted by molar-refractivity contribution is -0.136. The molecule has 3 aromatic heterocycles. The summed E-state index contributed by atoms with van der Waals surface area (Å²) in [5.74, 6) is 7.96. The molecule has 6 N–H and O–H groups in total. The first-order valence-corrected chi connectivity index (χ1v) is 39.5. The van der Waals surface area contributed by atoms with Crippen LogP contribution in [0.3, 0.4) is 0 Å². The van der Waals surface area contributed by atoms with Crippen LogP contribution < -0.4 is 30.2 Å². The highest BCUT2D eigenvalue weighted by Gasteiger charge is 2.34. The molecular formula is C90H118N12O9. The molecule has 12 rings (SSSR count). The molecule has 1 unspecified atom stereocenters. The Labute approximate surface area is 656 Å². The maximum atomic E-state index is 12.7. The van der Waals surface area contributed by atoms with Gasteiger partial charge in [0.1, 0.15) is 52.2 Å². The topological polar surface area (TPSA) is 263 Å². The Morgan fingerprint density at radius 2 is 0.757 bits per heavy atom.